The first kappa shape index (κ1) is 17.3. The SMILES string of the molecule is CC(O)(CNC(=O)c1cccc(F)c1Cl)c1ccc(F)cc1F. The molecule has 0 heterocycles. The Bertz CT molecular complexity index is 750. The average molecular weight is 344 g/mol. The molecule has 0 saturated heterocycles. The van der Waals surface area contributed by atoms with Crippen LogP contribution in [0.5, 0.6) is 0 Å². The summed E-state index contributed by atoms with van der Waals surface area (Å²) in [5, 5.41) is 12.3. The lowest BCUT2D eigenvalue weighted by Crippen LogP contribution is -2.39. The molecule has 1 atom stereocenters. The van der Waals surface area contributed by atoms with E-state index < -0.39 is 29.0 Å². The molecule has 0 saturated carbocycles. The highest BCUT2D eigenvalue weighted by atomic mass is 35.5. The molecule has 2 N–H and O–H groups in total. The van der Waals surface area contributed by atoms with E-state index in [1.54, 1.807) is 0 Å². The molecule has 0 fully saturated rings. The summed E-state index contributed by atoms with van der Waals surface area (Å²) >= 11 is 5.70. The second-order valence-corrected chi connectivity index (χ2v) is 5.56. The van der Waals surface area contributed by atoms with E-state index in [2.05, 4.69) is 5.32 Å². The van der Waals surface area contributed by atoms with E-state index >= 15 is 0 Å². The Morgan fingerprint density at radius 3 is 2.57 bits per heavy atom. The summed E-state index contributed by atoms with van der Waals surface area (Å²) in [6, 6.07) is 6.45. The number of carbonyl (C=O) groups excluding carboxylic acids is 1. The summed E-state index contributed by atoms with van der Waals surface area (Å²) in [5.74, 6) is -3.20. The Morgan fingerprint density at radius 1 is 1.22 bits per heavy atom. The van der Waals surface area contributed by atoms with Gasteiger partial charge in [0.15, 0.2) is 0 Å². The van der Waals surface area contributed by atoms with E-state index in [9.17, 15) is 23.1 Å². The highest BCUT2D eigenvalue weighted by Gasteiger charge is 2.28. The van der Waals surface area contributed by atoms with Crippen molar-refractivity contribution in [2.45, 2.75) is 12.5 Å². The van der Waals surface area contributed by atoms with Crippen LogP contribution in [0.1, 0.15) is 22.8 Å². The Hall–Kier alpha value is -2.05. The second kappa shape index (κ2) is 6.60. The molecular weight excluding hydrogens is 331 g/mol. The molecule has 0 spiro atoms. The van der Waals surface area contributed by atoms with Crippen molar-refractivity contribution in [3.8, 4) is 0 Å². The third-order valence-corrected chi connectivity index (χ3v) is 3.68. The van der Waals surface area contributed by atoms with Crippen LogP contribution in [-0.4, -0.2) is 17.6 Å². The molecule has 122 valence electrons. The molecule has 0 aliphatic heterocycles. The number of halogens is 4. The molecule has 0 radical (unpaired) electrons. The lowest BCUT2D eigenvalue weighted by molar-refractivity contribution is 0.0494. The third kappa shape index (κ3) is 3.83. The van der Waals surface area contributed by atoms with E-state index in [-0.39, 0.29) is 22.7 Å². The molecule has 1 amide bonds. The first-order chi connectivity index (χ1) is 10.7. The van der Waals surface area contributed by atoms with Gasteiger partial charge in [0.2, 0.25) is 0 Å². The molecule has 0 aromatic heterocycles. The van der Waals surface area contributed by atoms with Crippen molar-refractivity contribution in [2.75, 3.05) is 6.54 Å². The largest absolute Gasteiger partial charge is 0.383 e. The maximum atomic E-state index is 13.7. The van der Waals surface area contributed by atoms with Crippen LogP contribution in [0.15, 0.2) is 36.4 Å². The lowest BCUT2D eigenvalue weighted by Gasteiger charge is -2.25. The topological polar surface area (TPSA) is 49.3 Å². The highest BCUT2D eigenvalue weighted by Crippen LogP contribution is 2.24. The zero-order valence-electron chi connectivity index (χ0n) is 12.0. The maximum Gasteiger partial charge on any atom is 0.253 e. The lowest BCUT2D eigenvalue weighted by atomic mass is 9.95. The average Bonchev–Trinajstić information content (AvgIpc) is 2.47. The van der Waals surface area contributed by atoms with Gasteiger partial charge in [0.1, 0.15) is 23.1 Å². The normalized spacial score (nSPS) is 13.5. The quantitative estimate of drug-likeness (QED) is 0.894. The summed E-state index contributed by atoms with van der Waals surface area (Å²) in [7, 11) is 0. The Labute approximate surface area is 135 Å². The van der Waals surface area contributed by atoms with Crippen LogP contribution in [0.3, 0.4) is 0 Å². The van der Waals surface area contributed by atoms with Gasteiger partial charge in [0, 0.05) is 11.6 Å². The van der Waals surface area contributed by atoms with Gasteiger partial charge in [-0.05, 0) is 25.1 Å². The Morgan fingerprint density at radius 2 is 1.91 bits per heavy atom. The minimum atomic E-state index is -1.78. The van der Waals surface area contributed by atoms with Crippen LogP contribution in [0.25, 0.3) is 0 Å². The first-order valence-corrected chi connectivity index (χ1v) is 7.00. The zero-order valence-corrected chi connectivity index (χ0v) is 12.8. The van der Waals surface area contributed by atoms with Crippen LogP contribution in [0.2, 0.25) is 5.02 Å². The number of carbonyl (C=O) groups is 1. The smallest absolute Gasteiger partial charge is 0.253 e. The van der Waals surface area contributed by atoms with Crippen molar-refractivity contribution < 1.29 is 23.1 Å². The molecule has 0 aliphatic rings. The Kier molecular flexibility index (Phi) is 4.97. The van der Waals surface area contributed by atoms with Gasteiger partial charge in [-0.3, -0.25) is 4.79 Å². The van der Waals surface area contributed by atoms with Gasteiger partial charge in [0.25, 0.3) is 5.91 Å². The molecule has 2 aromatic rings. The van der Waals surface area contributed by atoms with E-state index in [4.69, 9.17) is 11.6 Å². The molecular formula is C16H13ClF3NO2. The predicted octanol–water partition coefficient (Wildman–Crippen LogP) is 3.39. The molecule has 2 aromatic carbocycles. The van der Waals surface area contributed by atoms with Gasteiger partial charge in [0.05, 0.1) is 17.1 Å². The van der Waals surface area contributed by atoms with Crippen LogP contribution < -0.4 is 5.32 Å². The number of rotatable bonds is 4. The fourth-order valence-corrected chi connectivity index (χ4v) is 2.26. The van der Waals surface area contributed by atoms with Crippen molar-refractivity contribution >= 4 is 17.5 Å². The van der Waals surface area contributed by atoms with Crippen LogP contribution in [0.4, 0.5) is 13.2 Å². The third-order valence-electron chi connectivity index (χ3n) is 3.30. The summed E-state index contributed by atoms with van der Waals surface area (Å²) in [6.07, 6.45) is 0. The standard InChI is InChI=1S/C16H13ClF3NO2/c1-16(23,11-6-5-9(18)7-13(11)20)8-21-15(22)10-3-2-4-12(19)14(10)17/h2-7,23H,8H2,1H3,(H,21,22). The maximum absolute atomic E-state index is 13.7. The van der Waals surface area contributed by atoms with E-state index in [0.717, 1.165) is 18.2 Å². The van der Waals surface area contributed by atoms with Crippen LogP contribution in [0, 0.1) is 17.5 Å². The fraction of sp³-hybridized carbons (Fsp3) is 0.188. The van der Waals surface area contributed by atoms with Crippen molar-refractivity contribution in [1.82, 2.24) is 5.32 Å². The van der Waals surface area contributed by atoms with Gasteiger partial charge >= 0.3 is 0 Å². The first-order valence-electron chi connectivity index (χ1n) is 6.62. The molecule has 3 nitrogen and oxygen atoms in total. The van der Waals surface area contributed by atoms with Gasteiger partial charge in [-0.25, -0.2) is 13.2 Å². The summed E-state index contributed by atoms with van der Waals surface area (Å²) in [6.45, 7) is 0.887. The molecule has 0 bridgehead atoms. The molecule has 23 heavy (non-hydrogen) atoms. The van der Waals surface area contributed by atoms with Crippen LogP contribution >= 0.6 is 11.6 Å². The number of hydrogen-bond acceptors (Lipinski definition) is 2. The van der Waals surface area contributed by atoms with Crippen molar-refractivity contribution in [2.24, 2.45) is 0 Å². The predicted molar refractivity (Wildman–Crippen MR) is 79.7 cm³/mol. The summed E-state index contributed by atoms with van der Waals surface area (Å²) in [4.78, 5) is 12.0. The summed E-state index contributed by atoms with van der Waals surface area (Å²) < 4.78 is 40.0. The zero-order chi connectivity index (χ0) is 17.2. The van der Waals surface area contributed by atoms with Gasteiger partial charge < -0.3 is 10.4 Å². The number of amides is 1. The molecule has 0 aliphatic carbocycles. The highest BCUT2D eigenvalue weighted by molar-refractivity contribution is 6.34. The number of aliphatic hydroxyl groups is 1. The van der Waals surface area contributed by atoms with Gasteiger partial charge in [-0.15, -0.1) is 0 Å². The minimum Gasteiger partial charge on any atom is -0.383 e. The molecule has 2 rings (SSSR count). The van der Waals surface area contributed by atoms with Crippen LogP contribution in [-0.2, 0) is 5.60 Å². The monoisotopic (exact) mass is 343 g/mol. The number of nitrogens with one attached hydrogen (secondary N) is 1. The van der Waals surface area contributed by atoms with Crippen molar-refractivity contribution in [3.05, 3.63) is 70.0 Å². The van der Waals surface area contributed by atoms with Crippen molar-refractivity contribution in [1.29, 1.82) is 0 Å². The van der Waals surface area contributed by atoms with Gasteiger partial charge in [-0.2, -0.15) is 0 Å². The van der Waals surface area contributed by atoms with Crippen molar-refractivity contribution in [3.63, 3.8) is 0 Å². The fourth-order valence-electron chi connectivity index (χ4n) is 2.05. The molecule has 7 heteroatoms. The molecule has 1 unspecified atom stereocenters. The van der Waals surface area contributed by atoms with E-state index in [1.807, 2.05) is 0 Å². The summed E-state index contributed by atoms with van der Waals surface area (Å²) in [5.41, 5.74) is -2.07. The number of hydrogen-bond donors (Lipinski definition) is 2. The van der Waals surface area contributed by atoms with Gasteiger partial charge in [-0.1, -0.05) is 23.7 Å². The Balaban J connectivity index is 2.15. The number of benzene rings is 2. The van der Waals surface area contributed by atoms with E-state index in [0.29, 0.717) is 6.07 Å². The second-order valence-electron chi connectivity index (χ2n) is 5.18. The van der Waals surface area contributed by atoms with E-state index in [1.165, 1.54) is 19.1 Å². The minimum absolute atomic E-state index is 0.109.